The zero-order chi connectivity index (χ0) is 24.0. The highest BCUT2D eigenvalue weighted by molar-refractivity contribution is 5.83. The van der Waals surface area contributed by atoms with Crippen LogP contribution in [-0.2, 0) is 10.2 Å². The second-order valence-electron chi connectivity index (χ2n) is 8.65. The number of likely N-dealkylation sites (tertiary alicyclic amines) is 1. The van der Waals surface area contributed by atoms with Crippen molar-refractivity contribution < 1.29 is 24.2 Å². The predicted molar refractivity (Wildman–Crippen MR) is 127 cm³/mol. The summed E-state index contributed by atoms with van der Waals surface area (Å²) in [6.07, 6.45) is 2.66. The summed E-state index contributed by atoms with van der Waals surface area (Å²) in [5.41, 5.74) is 6.17. The van der Waals surface area contributed by atoms with Gasteiger partial charge >= 0.3 is 12.0 Å². The Kier molecular flexibility index (Phi) is 7.84. The number of carboxylic acids is 1. The van der Waals surface area contributed by atoms with Crippen LogP contribution in [0.25, 0.3) is 0 Å². The van der Waals surface area contributed by atoms with Gasteiger partial charge in [-0.15, -0.1) is 0 Å². The van der Waals surface area contributed by atoms with E-state index in [-0.39, 0.29) is 11.8 Å². The summed E-state index contributed by atoms with van der Waals surface area (Å²) in [6.45, 7) is 2.88. The number of rotatable bonds is 9. The summed E-state index contributed by atoms with van der Waals surface area (Å²) in [6, 6.07) is 14.8. The summed E-state index contributed by atoms with van der Waals surface area (Å²) in [7, 11) is 3.11. The van der Waals surface area contributed by atoms with Gasteiger partial charge < -0.3 is 25.2 Å². The lowest BCUT2D eigenvalue weighted by Gasteiger charge is -2.47. The van der Waals surface area contributed by atoms with E-state index >= 15 is 0 Å². The van der Waals surface area contributed by atoms with Crippen LogP contribution < -0.4 is 15.2 Å². The molecule has 0 aromatic heterocycles. The molecule has 0 radical (unpaired) electrons. The van der Waals surface area contributed by atoms with Crippen LogP contribution in [0.4, 0.5) is 4.79 Å². The highest BCUT2D eigenvalue weighted by Gasteiger charge is 2.52. The highest BCUT2D eigenvalue weighted by Crippen LogP contribution is 2.50. The molecule has 178 valence electrons. The number of aliphatic carboxylic acids is 1. The molecule has 7 heteroatoms. The number of urea groups is 1. The zero-order valence-electron chi connectivity index (χ0n) is 19.6. The maximum Gasteiger partial charge on any atom is 0.314 e. The minimum absolute atomic E-state index is 0.173. The van der Waals surface area contributed by atoms with Crippen LogP contribution in [0, 0.1) is 5.92 Å². The molecule has 1 aliphatic rings. The van der Waals surface area contributed by atoms with Gasteiger partial charge in [0, 0.05) is 19.0 Å². The molecule has 1 saturated heterocycles. The van der Waals surface area contributed by atoms with E-state index in [4.69, 9.17) is 15.2 Å². The number of primary amides is 1. The summed E-state index contributed by atoms with van der Waals surface area (Å²) in [5.74, 6) is -0.213. The Morgan fingerprint density at radius 3 is 2.39 bits per heavy atom. The molecule has 1 fully saturated rings. The summed E-state index contributed by atoms with van der Waals surface area (Å²) in [4.78, 5) is 26.8. The lowest BCUT2D eigenvalue weighted by atomic mass is 9.59. The van der Waals surface area contributed by atoms with Crippen LogP contribution in [0.2, 0.25) is 0 Å². The fourth-order valence-corrected chi connectivity index (χ4v) is 5.28. The fraction of sp³-hybridized carbons (Fsp3) is 0.462. The van der Waals surface area contributed by atoms with E-state index < -0.39 is 17.4 Å². The summed E-state index contributed by atoms with van der Waals surface area (Å²) < 4.78 is 10.9. The van der Waals surface area contributed by atoms with Gasteiger partial charge in [-0.3, -0.25) is 4.79 Å². The molecule has 3 unspecified atom stereocenters. The number of hydrogen-bond acceptors (Lipinski definition) is 4. The van der Waals surface area contributed by atoms with Gasteiger partial charge in [-0.2, -0.15) is 0 Å². The first-order valence-corrected chi connectivity index (χ1v) is 11.4. The van der Waals surface area contributed by atoms with Crippen LogP contribution in [0.5, 0.6) is 11.5 Å². The maximum absolute atomic E-state index is 13.2. The average molecular weight is 455 g/mol. The number of ether oxygens (including phenoxy) is 2. The van der Waals surface area contributed by atoms with E-state index in [1.54, 1.807) is 31.3 Å². The maximum atomic E-state index is 13.2. The number of carbonyl (C=O) groups excluding carboxylic acids is 1. The minimum atomic E-state index is -1.15. The van der Waals surface area contributed by atoms with E-state index in [1.165, 1.54) is 0 Å². The molecule has 2 aromatic carbocycles. The second kappa shape index (κ2) is 10.6. The van der Waals surface area contributed by atoms with Crippen molar-refractivity contribution in [3.8, 4) is 11.5 Å². The number of benzene rings is 2. The van der Waals surface area contributed by atoms with E-state index in [0.717, 1.165) is 18.4 Å². The summed E-state index contributed by atoms with van der Waals surface area (Å²) in [5, 5.41) is 10.8. The van der Waals surface area contributed by atoms with E-state index in [0.29, 0.717) is 43.0 Å². The van der Waals surface area contributed by atoms with Crippen molar-refractivity contribution in [3.63, 3.8) is 0 Å². The van der Waals surface area contributed by atoms with Crippen molar-refractivity contribution in [2.24, 2.45) is 11.7 Å². The van der Waals surface area contributed by atoms with Crippen molar-refractivity contribution in [1.29, 1.82) is 0 Å². The van der Waals surface area contributed by atoms with Crippen molar-refractivity contribution in [2.45, 2.75) is 43.9 Å². The van der Waals surface area contributed by atoms with Gasteiger partial charge in [-0.05, 0) is 42.0 Å². The number of carboxylic acid groups (broad SMARTS) is 1. The van der Waals surface area contributed by atoms with Gasteiger partial charge in [0.2, 0.25) is 0 Å². The Morgan fingerprint density at radius 1 is 1.12 bits per heavy atom. The normalized spacial score (nSPS) is 20.0. The SMILES string of the molecule is CCCCC(C(=O)O)(c1ccc(OC)c(OC)c1)C1CCN(C(N)=O)CC1c1ccccc1. The number of nitrogens with zero attached hydrogens (tertiary/aromatic N) is 1. The van der Waals surface area contributed by atoms with Crippen molar-refractivity contribution >= 4 is 12.0 Å². The topological polar surface area (TPSA) is 102 Å². The highest BCUT2D eigenvalue weighted by atomic mass is 16.5. The molecular weight excluding hydrogens is 420 g/mol. The van der Waals surface area contributed by atoms with Gasteiger partial charge in [0.25, 0.3) is 0 Å². The monoisotopic (exact) mass is 454 g/mol. The van der Waals surface area contributed by atoms with Gasteiger partial charge in [0.1, 0.15) is 0 Å². The first-order valence-electron chi connectivity index (χ1n) is 11.4. The Morgan fingerprint density at radius 2 is 1.82 bits per heavy atom. The minimum Gasteiger partial charge on any atom is -0.493 e. The molecule has 0 aliphatic carbocycles. The first-order chi connectivity index (χ1) is 15.9. The molecule has 0 bridgehead atoms. The average Bonchev–Trinajstić information content (AvgIpc) is 2.84. The molecule has 2 amide bonds. The zero-order valence-corrected chi connectivity index (χ0v) is 19.6. The van der Waals surface area contributed by atoms with Crippen molar-refractivity contribution in [3.05, 3.63) is 59.7 Å². The van der Waals surface area contributed by atoms with Crippen LogP contribution in [-0.4, -0.2) is 49.3 Å². The standard InChI is InChI=1S/C26H34N2O5/c1-4-5-14-26(24(29)30,19-11-12-22(32-2)23(16-19)33-3)21-13-15-28(25(27)31)17-20(21)18-9-7-6-8-10-18/h6-12,16,20-21H,4-5,13-15,17H2,1-3H3,(H2,27,31)(H,29,30). The van der Waals surface area contributed by atoms with Gasteiger partial charge in [0.05, 0.1) is 19.6 Å². The van der Waals surface area contributed by atoms with E-state index in [2.05, 4.69) is 6.92 Å². The van der Waals surface area contributed by atoms with Crippen LogP contribution in [0.15, 0.2) is 48.5 Å². The van der Waals surface area contributed by atoms with Gasteiger partial charge in [0.15, 0.2) is 11.5 Å². The number of unbranched alkanes of at least 4 members (excludes halogenated alkanes) is 1. The second-order valence-corrected chi connectivity index (χ2v) is 8.65. The third kappa shape index (κ3) is 4.77. The van der Waals surface area contributed by atoms with Crippen molar-refractivity contribution in [1.82, 2.24) is 4.90 Å². The van der Waals surface area contributed by atoms with Gasteiger partial charge in [-0.1, -0.05) is 56.2 Å². The smallest absolute Gasteiger partial charge is 0.314 e. The van der Waals surface area contributed by atoms with Crippen LogP contribution in [0.3, 0.4) is 0 Å². The predicted octanol–water partition coefficient (Wildman–Crippen LogP) is 4.40. The van der Waals surface area contributed by atoms with Crippen LogP contribution in [0.1, 0.15) is 49.7 Å². The Hall–Kier alpha value is -3.22. The Balaban J connectivity index is 2.19. The van der Waals surface area contributed by atoms with E-state index in [9.17, 15) is 14.7 Å². The lowest BCUT2D eigenvalue weighted by Crippen LogP contribution is -2.53. The third-order valence-electron chi connectivity index (χ3n) is 6.99. The Labute approximate surface area is 195 Å². The molecule has 3 atom stereocenters. The number of methoxy groups -OCH3 is 2. The molecule has 1 aliphatic heterocycles. The number of piperidine rings is 1. The molecule has 33 heavy (non-hydrogen) atoms. The molecule has 0 spiro atoms. The number of amides is 2. The molecule has 1 heterocycles. The quantitative estimate of drug-likeness (QED) is 0.585. The Bertz CT molecular complexity index is 964. The number of hydrogen-bond donors (Lipinski definition) is 2. The van der Waals surface area contributed by atoms with Crippen LogP contribution >= 0.6 is 0 Å². The molecule has 3 N–H and O–H groups in total. The van der Waals surface area contributed by atoms with E-state index in [1.807, 2.05) is 36.4 Å². The lowest BCUT2D eigenvalue weighted by molar-refractivity contribution is -0.148. The third-order valence-corrected chi connectivity index (χ3v) is 6.99. The van der Waals surface area contributed by atoms with Crippen molar-refractivity contribution in [2.75, 3.05) is 27.3 Å². The molecule has 0 saturated carbocycles. The largest absolute Gasteiger partial charge is 0.493 e. The molecule has 2 aromatic rings. The number of nitrogens with two attached hydrogens (primary N) is 1. The van der Waals surface area contributed by atoms with Gasteiger partial charge in [-0.25, -0.2) is 4.79 Å². The first kappa shape index (κ1) is 24.4. The molecule has 3 rings (SSSR count). The molecule has 7 nitrogen and oxygen atoms in total. The molecular formula is C26H34N2O5. The number of carbonyl (C=O) groups is 2. The summed E-state index contributed by atoms with van der Waals surface area (Å²) >= 11 is 0. The fourth-order valence-electron chi connectivity index (χ4n) is 5.28.